The van der Waals surface area contributed by atoms with Crippen LogP contribution in [0.1, 0.15) is 18.5 Å². The molecule has 0 unspecified atom stereocenters. The molecule has 0 saturated carbocycles. The van der Waals surface area contributed by atoms with E-state index in [1.165, 1.54) is 5.56 Å². The van der Waals surface area contributed by atoms with E-state index < -0.39 is 0 Å². The molecular weight excluding hydrogens is 210 g/mol. The lowest BCUT2D eigenvalue weighted by Gasteiger charge is -2.24. The van der Waals surface area contributed by atoms with Crippen LogP contribution in [0.25, 0.3) is 0 Å². The van der Waals surface area contributed by atoms with Crippen molar-refractivity contribution in [1.29, 1.82) is 0 Å². The van der Waals surface area contributed by atoms with Crippen molar-refractivity contribution in [2.75, 3.05) is 7.11 Å². The van der Waals surface area contributed by atoms with Crippen molar-refractivity contribution >= 4 is 0 Å². The maximum Gasteiger partial charge on any atom is 0.118 e. The molecule has 17 heavy (non-hydrogen) atoms. The van der Waals surface area contributed by atoms with Gasteiger partial charge in [0.1, 0.15) is 5.75 Å². The fourth-order valence-electron chi connectivity index (χ4n) is 1.79. The van der Waals surface area contributed by atoms with Crippen molar-refractivity contribution in [2.45, 2.75) is 13.0 Å². The summed E-state index contributed by atoms with van der Waals surface area (Å²) in [6.45, 7) is 2.18. The minimum absolute atomic E-state index is 0.313. The number of hydrogen-bond acceptors (Lipinski definition) is 2. The summed E-state index contributed by atoms with van der Waals surface area (Å²) >= 11 is 0. The number of nitrogens with zero attached hydrogens (tertiary/aromatic N) is 1. The number of hydrogen-bond donors (Lipinski definition) is 0. The summed E-state index contributed by atoms with van der Waals surface area (Å²) in [5.41, 5.74) is 1.27. The Morgan fingerprint density at radius 2 is 1.53 bits per heavy atom. The molecule has 0 radical (unpaired) electrons. The van der Waals surface area contributed by atoms with Crippen molar-refractivity contribution < 1.29 is 4.74 Å². The molecular formula is C15H17NO. The molecule has 2 rings (SSSR count). The van der Waals surface area contributed by atoms with Gasteiger partial charge in [0.25, 0.3) is 0 Å². The van der Waals surface area contributed by atoms with E-state index in [9.17, 15) is 0 Å². The minimum Gasteiger partial charge on any atom is -0.497 e. The molecule has 0 spiro atoms. The second-order valence-electron chi connectivity index (χ2n) is 3.96. The molecule has 0 aromatic heterocycles. The number of methoxy groups -OCH3 is 1. The van der Waals surface area contributed by atoms with Crippen molar-refractivity contribution in [1.82, 2.24) is 4.90 Å². The summed E-state index contributed by atoms with van der Waals surface area (Å²) in [7, 11) is 1.68. The molecule has 1 atom stereocenters. The van der Waals surface area contributed by atoms with Crippen LogP contribution in [0.4, 0.5) is 0 Å². The normalized spacial score (nSPS) is 15.8. The largest absolute Gasteiger partial charge is 0.497 e. The van der Waals surface area contributed by atoms with Gasteiger partial charge in [0.05, 0.1) is 13.2 Å². The molecule has 0 aliphatic carbocycles. The zero-order valence-electron chi connectivity index (χ0n) is 10.2. The molecule has 2 heteroatoms. The van der Waals surface area contributed by atoms with Gasteiger partial charge in [-0.15, -0.1) is 0 Å². The van der Waals surface area contributed by atoms with Crippen LogP contribution in [0.15, 0.2) is 61.0 Å². The average molecular weight is 227 g/mol. The maximum atomic E-state index is 5.16. The molecule has 1 aliphatic rings. The Balaban J connectivity index is 2.15. The van der Waals surface area contributed by atoms with Gasteiger partial charge in [-0.05, 0) is 36.8 Å². The van der Waals surface area contributed by atoms with Crippen molar-refractivity contribution in [3.05, 3.63) is 66.5 Å². The molecule has 0 fully saturated rings. The van der Waals surface area contributed by atoms with Crippen LogP contribution in [0.5, 0.6) is 5.75 Å². The predicted molar refractivity (Wildman–Crippen MR) is 70.7 cm³/mol. The topological polar surface area (TPSA) is 12.5 Å². The summed E-state index contributed by atoms with van der Waals surface area (Å²) in [6.07, 6.45) is 12.3. The summed E-state index contributed by atoms with van der Waals surface area (Å²) in [4.78, 5) is 2.18. The van der Waals surface area contributed by atoms with Crippen LogP contribution >= 0.6 is 0 Å². The quantitative estimate of drug-likeness (QED) is 0.781. The van der Waals surface area contributed by atoms with Crippen LogP contribution in [0.2, 0.25) is 0 Å². The third-order valence-electron chi connectivity index (χ3n) is 2.90. The second kappa shape index (κ2) is 5.39. The van der Waals surface area contributed by atoms with E-state index in [2.05, 4.69) is 36.4 Å². The first kappa shape index (κ1) is 11.5. The van der Waals surface area contributed by atoms with Gasteiger partial charge >= 0.3 is 0 Å². The molecule has 0 bridgehead atoms. The molecule has 0 N–H and O–H groups in total. The monoisotopic (exact) mass is 227 g/mol. The third-order valence-corrected chi connectivity index (χ3v) is 2.90. The third kappa shape index (κ3) is 2.78. The number of benzene rings is 1. The van der Waals surface area contributed by atoms with E-state index in [1.54, 1.807) is 7.11 Å². The molecule has 0 amide bonds. The first-order valence-electron chi connectivity index (χ1n) is 5.74. The SMILES string of the molecule is COc1ccc([C@@H](C)N2C=CC=CC=C2)cc1. The second-order valence-corrected chi connectivity index (χ2v) is 3.96. The summed E-state index contributed by atoms with van der Waals surface area (Å²) in [5.74, 6) is 0.893. The zero-order valence-corrected chi connectivity index (χ0v) is 10.2. The van der Waals surface area contributed by atoms with Gasteiger partial charge in [0.2, 0.25) is 0 Å². The summed E-state index contributed by atoms with van der Waals surface area (Å²) in [6, 6.07) is 8.51. The Hall–Kier alpha value is -1.96. The van der Waals surface area contributed by atoms with E-state index in [0.717, 1.165) is 5.75 Å². The van der Waals surface area contributed by atoms with E-state index in [-0.39, 0.29) is 0 Å². The van der Waals surface area contributed by atoms with Gasteiger partial charge in [-0.2, -0.15) is 0 Å². The van der Waals surface area contributed by atoms with Crippen molar-refractivity contribution in [3.8, 4) is 5.75 Å². The highest BCUT2D eigenvalue weighted by molar-refractivity contribution is 5.30. The van der Waals surface area contributed by atoms with E-state index >= 15 is 0 Å². The highest BCUT2D eigenvalue weighted by Crippen LogP contribution is 2.23. The van der Waals surface area contributed by atoms with Crippen LogP contribution < -0.4 is 4.74 Å². The van der Waals surface area contributed by atoms with Crippen LogP contribution in [0.3, 0.4) is 0 Å². The van der Waals surface area contributed by atoms with E-state index in [0.29, 0.717) is 6.04 Å². The van der Waals surface area contributed by atoms with Gasteiger partial charge in [0.15, 0.2) is 0 Å². The zero-order chi connectivity index (χ0) is 12.1. The molecule has 1 heterocycles. The van der Waals surface area contributed by atoms with E-state index in [1.807, 2.05) is 36.4 Å². The summed E-state index contributed by atoms with van der Waals surface area (Å²) in [5, 5.41) is 0. The van der Waals surface area contributed by atoms with Gasteiger partial charge in [-0.3, -0.25) is 0 Å². The smallest absolute Gasteiger partial charge is 0.118 e. The maximum absolute atomic E-state index is 5.16. The highest BCUT2D eigenvalue weighted by Gasteiger charge is 2.10. The number of allylic oxidation sites excluding steroid dienone is 4. The van der Waals surface area contributed by atoms with Crippen molar-refractivity contribution in [2.24, 2.45) is 0 Å². The van der Waals surface area contributed by atoms with Crippen LogP contribution in [-0.4, -0.2) is 12.0 Å². The van der Waals surface area contributed by atoms with Gasteiger partial charge in [-0.1, -0.05) is 24.3 Å². The lowest BCUT2D eigenvalue weighted by Crippen LogP contribution is -2.14. The Morgan fingerprint density at radius 3 is 2.06 bits per heavy atom. The minimum atomic E-state index is 0.313. The Labute approximate surface area is 103 Å². The molecule has 2 nitrogen and oxygen atoms in total. The fraction of sp³-hybridized carbons (Fsp3) is 0.200. The predicted octanol–water partition coefficient (Wildman–Crippen LogP) is 3.66. The average Bonchev–Trinajstić information content (AvgIpc) is 2.67. The first-order chi connectivity index (χ1) is 8.31. The number of rotatable bonds is 3. The van der Waals surface area contributed by atoms with E-state index in [4.69, 9.17) is 4.74 Å². The summed E-state index contributed by atoms with van der Waals surface area (Å²) < 4.78 is 5.16. The Bertz CT molecular complexity index is 426. The van der Waals surface area contributed by atoms with Crippen molar-refractivity contribution in [3.63, 3.8) is 0 Å². The van der Waals surface area contributed by atoms with Crippen LogP contribution in [-0.2, 0) is 0 Å². The molecule has 1 aliphatic heterocycles. The lowest BCUT2D eigenvalue weighted by molar-refractivity contribution is 0.398. The standard InChI is InChI=1S/C15H17NO/c1-13(16-11-5-3-4-6-12-16)14-7-9-15(17-2)10-8-14/h3-13H,1-2H3/t13-/m1/s1. The Kier molecular flexibility index (Phi) is 3.66. The lowest BCUT2D eigenvalue weighted by atomic mass is 10.1. The molecule has 1 aromatic carbocycles. The van der Waals surface area contributed by atoms with Crippen LogP contribution in [0, 0.1) is 0 Å². The van der Waals surface area contributed by atoms with Gasteiger partial charge in [0, 0.05) is 12.4 Å². The van der Waals surface area contributed by atoms with Gasteiger partial charge < -0.3 is 9.64 Å². The first-order valence-corrected chi connectivity index (χ1v) is 5.74. The molecule has 88 valence electrons. The molecule has 0 saturated heterocycles. The van der Waals surface area contributed by atoms with Gasteiger partial charge in [-0.25, -0.2) is 0 Å². The Morgan fingerprint density at radius 1 is 0.941 bits per heavy atom. The number of ether oxygens (including phenoxy) is 1. The highest BCUT2D eigenvalue weighted by atomic mass is 16.5. The molecule has 1 aromatic rings. The fourth-order valence-corrected chi connectivity index (χ4v) is 1.79.